The number of hydrogen-bond acceptors (Lipinski definition) is 3. The van der Waals surface area contributed by atoms with Crippen LogP contribution in [0.25, 0.3) is 0 Å². The molecule has 15 heavy (non-hydrogen) atoms. The van der Waals surface area contributed by atoms with Gasteiger partial charge >= 0.3 is 0 Å². The lowest BCUT2D eigenvalue weighted by Gasteiger charge is -2.19. The zero-order valence-corrected chi connectivity index (χ0v) is 9.22. The van der Waals surface area contributed by atoms with Crippen molar-refractivity contribution in [1.29, 1.82) is 0 Å². The zero-order valence-electron chi connectivity index (χ0n) is 9.22. The quantitative estimate of drug-likeness (QED) is 0.680. The number of benzene rings is 1. The van der Waals surface area contributed by atoms with Crippen molar-refractivity contribution < 1.29 is 10.2 Å². The van der Waals surface area contributed by atoms with Crippen molar-refractivity contribution in [2.24, 2.45) is 0 Å². The second-order valence-electron chi connectivity index (χ2n) is 3.99. The first-order chi connectivity index (χ1) is 7.11. The van der Waals surface area contributed by atoms with Crippen LogP contribution in [0.2, 0.25) is 0 Å². The number of rotatable bonds is 5. The normalized spacial score (nSPS) is 15.3. The van der Waals surface area contributed by atoms with E-state index in [0.29, 0.717) is 12.6 Å². The molecule has 0 aromatic heterocycles. The van der Waals surface area contributed by atoms with Crippen molar-refractivity contribution >= 4 is 0 Å². The van der Waals surface area contributed by atoms with E-state index >= 15 is 0 Å². The summed E-state index contributed by atoms with van der Waals surface area (Å²) in [6, 6.07) is 9.51. The van der Waals surface area contributed by atoms with Gasteiger partial charge in [-0.3, -0.25) is 0 Å². The Balaban J connectivity index is 2.49. The van der Waals surface area contributed by atoms with E-state index in [1.165, 1.54) is 0 Å². The van der Waals surface area contributed by atoms with E-state index in [0.717, 1.165) is 5.56 Å². The van der Waals surface area contributed by atoms with Gasteiger partial charge < -0.3 is 15.5 Å². The number of aliphatic hydroxyl groups excluding tert-OH is 2. The van der Waals surface area contributed by atoms with Gasteiger partial charge in [-0.1, -0.05) is 44.2 Å². The van der Waals surface area contributed by atoms with Crippen molar-refractivity contribution in [3.63, 3.8) is 0 Å². The molecule has 0 radical (unpaired) electrons. The average molecular weight is 209 g/mol. The van der Waals surface area contributed by atoms with Crippen LogP contribution in [0.15, 0.2) is 30.3 Å². The smallest absolute Gasteiger partial charge is 0.106 e. The summed E-state index contributed by atoms with van der Waals surface area (Å²) >= 11 is 0. The lowest BCUT2D eigenvalue weighted by Crippen LogP contribution is -2.35. The molecule has 2 atom stereocenters. The lowest BCUT2D eigenvalue weighted by molar-refractivity contribution is 0.0181. The summed E-state index contributed by atoms with van der Waals surface area (Å²) in [6.07, 6.45) is -1.59. The predicted molar refractivity (Wildman–Crippen MR) is 60.5 cm³/mol. The second kappa shape index (κ2) is 5.85. The molecule has 3 nitrogen and oxygen atoms in total. The molecule has 0 aliphatic heterocycles. The molecule has 0 aliphatic rings. The van der Waals surface area contributed by atoms with E-state index in [-0.39, 0.29) is 0 Å². The molecule has 1 rings (SSSR count). The van der Waals surface area contributed by atoms with Crippen LogP contribution in [0, 0.1) is 0 Å². The third-order valence-corrected chi connectivity index (χ3v) is 2.24. The Morgan fingerprint density at radius 2 is 1.73 bits per heavy atom. The Bertz CT molecular complexity index is 274. The molecular weight excluding hydrogens is 190 g/mol. The highest BCUT2D eigenvalue weighted by molar-refractivity contribution is 5.18. The van der Waals surface area contributed by atoms with Crippen molar-refractivity contribution in [3.8, 4) is 0 Å². The molecule has 3 heteroatoms. The molecule has 0 heterocycles. The van der Waals surface area contributed by atoms with Crippen molar-refractivity contribution in [2.45, 2.75) is 32.1 Å². The van der Waals surface area contributed by atoms with E-state index in [2.05, 4.69) is 5.32 Å². The van der Waals surface area contributed by atoms with Gasteiger partial charge in [-0.15, -0.1) is 0 Å². The van der Waals surface area contributed by atoms with Crippen molar-refractivity contribution in [3.05, 3.63) is 35.9 Å². The fourth-order valence-electron chi connectivity index (χ4n) is 1.34. The molecule has 3 N–H and O–H groups in total. The minimum Gasteiger partial charge on any atom is -0.389 e. The SMILES string of the molecule is CC(C)NCC(O)C(O)c1ccccc1. The van der Waals surface area contributed by atoms with E-state index in [9.17, 15) is 10.2 Å². The highest BCUT2D eigenvalue weighted by Crippen LogP contribution is 2.15. The number of nitrogens with one attached hydrogen (secondary N) is 1. The van der Waals surface area contributed by atoms with Gasteiger partial charge in [0.2, 0.25) is 0 Å². The van der Waals surface area contributed by atoms with Gasteiger partial charge in [-0.25, -0.2) is 0 Å². The van der Waals surface area contributed by atoms with Crippen LogP contribution < -0.4 is 5.32 Å². The summed E-state index contributed by atoms with van der Waals surface area (Å²) in [5, 5.41) is 22.6. The third kappa shape index (κ3) is 4.00. The van der Waals surface area contributed by atoms with E-state index in [1.54, 1.807) is 0 Å². The van der Waals surface area contributed by atoms with Crippen LogP contribution in [-0.4, -0.2) is 28.9 Å². The summed E-state index contributed by atoms with van der Waals surface area (Å²) in [5.74, 6) is 0. The lowest BCUT2D eigenvalue weighted by atomic mass is 10.0. The summed E-state index contributed by atoms with van der Waals surface area (Å²) in [5.41, 5.74) is 0.746. The van der Waals surface area contributed by atoms with Gasteiger partial charge in [0.15, 0.2) is 0 Å². The van der Waals surface area contributed by atoms with Gasteiger partial charge in [-0.05, 0) is 5.56 Å². The monoisotopic (exact) mass is 209 g/mol. The molecule has 0 bridgehead atoms. The fraction of sp³-hybridized carbons (Fsp3) is 0.500. The van der Waals surface area contributed by atoms with Crippen molar-refractivity contribution in [2.75, 3.05) is 6.54 Å². The summed E-state index contributed by atoms with van der Waals surface area (Å²) in [4.78, 5) is 0. The molecule has 0 amide bonds. The first kappa shape index (κ1) is 12.2. The standard InChI is InChI=1S/C12H19NO2/c1-9(2)13-8-11(14)12(15)10-6-4-3-5-7-10/h3-7,9,11-15H,8H2,1-2H3. The third-order valence-electron chi connectivity index (χ3n) is 2.24. The highest BCUT2D eigenvalue weighted by atomic mass is 16.3. The van der Waals surface area contributed by atoms with Crippen LogP contribution in [-0.2, 0) is 0 Å². The molecule has 84 valence electrons. The zero-order chi connectivity index (χ0) is 11.3. The van der Waals surface area contributed by atoms with Gasteiger partial charge in [0.1, 0.15) is 6.10 Å². The van der Waals surface area contributed by atoms with Crippen LogP contribution in [0.1, 0.15) is 25.5 Å². The summed E-state index contributed by atoms with van der Waals surface area (Å²) in [7, 11) is 0. The molecular formula is C12H19NO2. The van der Waals surface area contributed by atoms with Gasteiger partial charge in [0, 0.05) is 12.6 Å². The maximum atomic E-state index is 9.81. The predicted octanol–water partition coefficient (Wildman–Crippen LogP) is 1.08. The highest BCUT2D eigenvalue weighted by Gasteiger charge is 2.17. The Hall–Kier alpha value is -0.900. The van der Waals surface area contributed by atoms with E-state index in [1.807, 2.05) is 44.2 Å². The van der Waals surface area contributed by atoms with Gasteiger partial charge in [0.25, 0.3) is 0 Å². The summed E-state index contributed by atoms with van der Waals surface area (Å²) < 4.78 is 0. The summed E-state index contributed by atoms with van der Waals surface area (Å²) in [6.45, 7) is 4.40. The van der Waals surface area contributed by atoms with Crippen molar-refractivity contribution in [1.82, 2.24) is 5.32 Å². The molecule has 1 aromatic carbocycles. The molecule has 0 fully saturated rings. The van der Waals surface area contributed by atoms with Gasteiger partial charge in [-0.2, -0.15) is 0 Å². The van der Waals surface area contributed by atoms with Crippen LogP contribution >= 0.6 is 0 Å². The van der Waals surface area contributed by atoms with Crippen LogP contribution in [0.4, 0.5) is 0 Å². The van der Waals surface area contributed by atoms with Crippen LogP contribution in [0.3, 0.4) is 0 Å². The second-order valence-corrected chi connectivity index (χ2v) is 3.99. The molecule has 1 aromatic rings. The fourth-order valence-corrected chi connectivity index (χ4v) is 1.34. The first-order valence-corrected chi connectivity index (χ1v) is 5.25. The Morgan fingerprint density at radius 1 is 1.13 bits per heavy atom. The van der Waals surface area contributed by atoms with E-state index in [4.69, 9.17) is 0 Å². The van der Waals surface area contributed by atoms with E-state index < -0.39 is 12.2 Å². The molecule has 0 spiro atoms. The number of aliphatic hydroxyl groups is 2. The maximum Gasteiger partial charge on any atom is 0.106 e. The molecule has 0 saturated carbocycles. The molecule has 0 saturated heterocycles. The largest absolute Gasteiger partial charge is 0.389 e. The Morgan fingerprint density at radius 3 is 2.27 bits per heavy atom. The topological polar surface area (TPSA) is 52.5 Å². The maximum absolute atomic E-state index is 9.81. The Kier molecular flexibility index (Phi) is 4.75. The average Bonchev–Trinajstić information content (AvgIpc) is 2.26. The Labute approximate surface area is 90.8 Å². The molecule has 2 unspecified atom stereocenters. The van der Waals surface area contributed by atoms with Gasteiger partial charge in [0.05, 0.1) is 6.10 Å². The molecule has 0 aliphatic carbocycles. The minimum atomic E-state index is -0.822. The number of hydrogen-bond donors (Lipinski definition) is 3. The first-order valence-electron chi connectivity index (χ1n) is 5.25. The van der Waals surface area contributed by atoms with Crippen LogP contribution in [0.5, 0.6) is 0 Å². The minimum absolute atomic E-state index is 0.308.